The van der Waals surface area contributed by atoms with Crippen molar-refractivity contribution in [2.24, 2.45) is 0 Å². The third-order valence-corrected chi connectivity index (χ3v) is 6.99. The minimum Gasteiger partial charge on any atom is -0.497 e. The third kappa shape index (κ3) is 7.24. The van der Waals surface area contributed by atoms with Gasteiger partial charge in [-0.2, -0.15) is 0 Å². The van der Waals surface area contributed by atoms with E-state index in [1.54, 1.807) is 40.8 Å². The Labute approximate surface area is 217 Å². The normalized spacial score (nSPS) is 16.0. The largest absolute Gasteiger partial charge is 0.497 e. The lowest BCUT2D eigenvalue weighted by Gasteiger charge is -2.26. The highest BCUT2D eigenvalue weighted by Crippen LogP contribution is 2.19. The first-order valence-corrected chi connectivity index (χ1v) is 13.3. The number of rotatable bonds is 10. The molecule has 1 aliphatic rings. The summed E-state index contributed by atoms with van der Waals surface area (Å²) in [5.41, 5.74) is 1.46. The summed E-state index contributed by atoms with van der Waals surface area (Å²) in [7, 11) is 1.61. The van der Waals surface area contributed by atoms with E-state index in [9.17, 15) is 14.4 Å². The van der Waals surface area contributed by atoms with Crippen LogP contribution in [0.4, 0.5) is 0 Å². The minimum absolute atomic E-state index is 0.0525. The Bertz CT molecular complexity index is 1020. The summed E-state index contributed by atoms with van der Waals surface area (Å²) in [6.45, 7) is 5.77. The molecule has 3 amide bonds. The van der Waals surface area contributed by atoms with Gasteiger partial charge in [0.25, 0.3) is 5.91 Å². The summed E-state index contributed by atoms with van der Waals surface area (Å²) in [6.07, 6.45) is 1.48. The Morgan fingerprint density at radius 2 is 1.69 bits per heavy atom. The van der Waals surface area contributed by atoms with Gasteiger partial charge in [-0.05, 0) is 62.1 Å². The zero-order valence-corrected chi connectivity index (χ0v) is 22.3. The average molecular weight is 514 g/mol. The molecule has 2 aromatic carbocycles. The van der Waals surface area contributed by atoms with Crippen LogP contribution >= 0.6 is 11.8 Å². The van der Waals surface area contributed by atoms with Crippen LogP contribution in [0, 0.1) is 0 Å². The molecule has 0 aliphatic carbocycles. The summed E-state index contributed by atoms with van der Waals surface area (Å²) in [5, 5.41) is 0. The number of carbonyl (C=O) groups excluding carboxylic acids is 3. The summed E-state index contributed by atoms with van der Waals surface area (Å²) < 4.78 is 11.2. The number of methoxy groups -OCH3 is 1. The van der Waals surface area contributed by atoms with E-state index in [4.69, 9.17) is 9.47 Å². The first-order valence-electron chi connectivity index (χ1n) is 12.1. The molecule has 194 valence electrons. The second kappa shape index (κ2) is 13.3. The zero-order chi connectivity index (χ0) is 26.1. The van der Waals surface area contributed by atoms with Gasteiger partial charge in [-0.25, -0.2) is 0 Å². The Morgan fingerprint density at radius 3 is 2.28 bits per heavy atom. The lowest BCUT2D eigenvalue weighted by Crippen LogP contribution is -2.41. The summed E-state index contributed by atoms with van der Waals surface area (Å²) in [6, 6.07) is 14.9. The van der Waals surface area contributed by atoms with Crippen LogP contribution in [0.5, 0.6) is 5.75 Å². The molecule has 8 nitrogen and oxygen atoms in total. The molecule has 0 bridgehead atoms. The van der Waals surface area contributed by atoms with Crippen molar-refractivity contribution in [3.05, 3.63) is 59.7 Å². The zero-order valence-electron chi connectivity index (χ0n) is 21.4. The molecule has 0 radical (unpaired) electrons. The van der Waals surface area contributed by atoms with E-state index in [-0.39, 0.29) is 44.0 Å². The molecule has 0 N–H and O–H groups in total. The van der Waals surface area contributed by atoms with E-state index in [0.29, 0.717) is 25.2 Å². The number of carbonyl (C=O) groups is 3. The van der Waals surface area contributed by atoms with E-state index < -0.39 is 6.10 Å². The van der Waals surface area contributed by atoms with Crippen LogP contribution in [0.1, 0.15) is 29.8 Å². The molecule has 0 saturated carbocycles. The number of hydrogen-bond donors (Lipinski definition) is 0. The van der Waals surface area contributed by atoms with Crippen molar-refractivity contribution in [1.29, 1.82) is 0 Å². The quantitative estimate of drug-likeness (QED) is 0.454. The smallest absolute Gasteiger partial charge is 0.254 e. The van der Waals surface area contributed by atoms with Crippen LogP contribution in [0.15, 0.2) is 53.4 Å². The average Bonchev–Trinajstić information content (AvgIpc) is 3.06. The Kier molecular flexibility index (Phi) is 10.2. The van der Waals surface area contributed by atoms with E-state index in [1.807, 2.05) is 56.5 Å². The van der Waals surface area contributed by atoms with Crippen LogP contribution in [-0.2, 0) is 20.9 Å². The molecule has 1 saturated heterocycles. The van der Waals surface area contributed by atoms with Crippen molar-refractivity contribution in [3.8, 4) is 5.75 Å². The molecule has 0 unspecified atom stereocenters. The fourth-order valence-corrected chi connectivity index (χ4v) is 4.52. The van der Waals surface area contributed by atoms with Crippen molar-refractivity contribution in [2.75, 3.05) is 52.7 Å². The predicted octanol–water partition coefficient (Wildman–Crippen LogP) is 3.16. The molecule has 9 heteroatoms. The Balaban J connectivity index is 1.79. The van der Waals surface area contributed by atoms with Crippen molar-refractivity contribution < 1.29 is 23.9 Å². The molecular formula is C27H35N3O5S. The van der Waals surface area contributed by atoms with Gasteiger partial charge < -0.3 is 24.2 Å². The molecule has 1 aliphatic heterocycles. The number of likely N-dealkylation sites (N-methyl/N-ethyl adjacent to an activating group) is 1. The maximum Gasteiger partial charge on any atom is 0.254 e. The number of hydrogen-bond acceptors (Lipinski definition) is 6. The molecule has 3 rings (SSSR count). The van der Waals surface area contributed by atoms with Gasteiger partial charge in [-0.3, -0.25) is 14.4 Å². The van der Waals surface area contributed by atoms with E-state index in [2.05, 4.69) is 0 Å². The molecule has 36 heavy (non-hydrogen) atoms. The van der Waals surface area contributed by atoms with Gasteiger partial charge in [0.05, 0.1) is 13.2 Å². The molecule has 1 atom stereocenters. The summed E-state index contributed by atoms with van der Waals surface area (Å²) in [5.74, 6) is 0.233. The second-order valence-corrected chi connectivity index (χ2v) is 9.42. The molecular weight excluding hydrogens is 478 g/mol. The first kappa shape index (κ1) is 27.5. The topological polar surface area (TPSA) is 79.4 Å². The van der Waals surface area contributed by atoms with Gasteiger partial charge in [0.1, 0.15) is 18.9 Å². The van der Waals surface area contributed by atoms with E-state index in [0.717, 1.165) is 16.2 Å². The van der Waals surface area contributed by atoms with Gasteiger partial charge in [-0.1, -0.05) is 12.1 Å². The maximum atomic E-state index is 13.3. The van der Waals surface area contributed by atoms with Gasteiger partial charge >= 0.3 is 0 Å². The number of benzene rings is 2. The Hall–Kier alpha value is -3.04. The molecule has 0 aromatic heterocycles. The lowest BCUT2D eigenvalue weighted by molar-refractivity contribution is -0.138. The van der Waals surface area contributed by atoms with Crippen LogP contribution in [0.25, 0.3) is 0 Å². The van der Waals surface area contributed by atoms with Crippen LogP contribution in [0.2, 0.25) is 0 Å². The highest BCUT2D eigenvalue weighted by Gasteiger charge is 2.32. The van der Waals surface area contributed by atoms with Crippen LogP contribution < -0.4 is 4.74 Å². The molecule has 0 spiro atoms. The number of nitrogens with zero attached hydrogens (tertiary/aromatic N) is 3. The van der Waals surface area contributed by atoms with Crippen LogP contribution in [-0.4, -0.2) is 91.2 Å². The fourth-order valence-electron chi connectivity index (χ4n) is 4.12. The predicted molar refractivity (Wildman–Crippen MR) is 140 cm³/mol. The van der Waals surface area contributed by atoms with Crippen molar-refractivity contribution >= 4 is 29.5 Å². The molecule has 1 heterocycles. The molecule has 1 fully saturated rings. The SMILES string of the molecule is CCN(CC)C(=O)CO[C@@H]1CN(Cc2ccc(OC)cc2)C(=O)CN(C(=O)c2ccc(SC)cc2)C1. The second-order valence-electron chi connectivity index (χ2n) is 8.54. The van der Waals surface area contributed by atoms with Crippen molar-refractivity contribution in [3.63, 3.8) is 0 Å². The number of thioether (sulfide) groups is 1. The number of ether oxygens (including phenoxy) is 2. The van der Waals surface area contributed by atoms with Crippen molar-refractivity contribution in [1.82, 2.24) is 14.7 Å². The van der Waals surface area contributed by atoms with Gasteiger partial charge in [0, 0.05) is 43.2 Å². The fraction of sp³-hybridized carbons (Fsp3) is 0.444. The standard InChI is InChI=1S/C27H35N3O5S/c1-5-28(6-2)26(32)19-35-23-16-29(15-20-7-11-22(34-3)12-8-20)25(31)18-30(17-23)27(33)21-9-13-24(36-4)14-10-21/h7-14,23H,5-6,15-19H2,1-4H3/t23-/m1/s1. The summed E-state index contributed by atoms with van der Waals surface area (Å²) in [4.78, 5) is 45.1. The van der Waals surface area contributed by atoms with Gasteiger partial charge in [0.15, 0.2) is 0 Å². The van der Waals surface area contributed by atoms with Crippen LogP contribution in [0.3, 0.4) is 0 Å². The maximum absolute atomic E-state index is 13.3. The summed E-state index contributed by atoms with van der Waals surface area (Å²) >= 11 is 1.60. The highest BCUT2D eigenvalue weighted by atomic mass is 32.2. The van der Waals surface area contributed by atoms with Crippen molar-refractivity contribution in [2.45, 2.75) is 31.4 Å². The van der Waals surface area contributed by atoms with E-state index >= 15 is 0 Å². The van der Waals surface area contributed by atoms with Gasteiger partial charge in [-0.15, -0.1) is 11.8 Å². The highest BCUT2D eigenvalue weighted by molar-refractivity contribution is 7.98. The number of amides is 3. The first-order chi connectivity index (χ1) is 17.4. The molecule has 2 aromatic rings. The Morgan fingerprint density at radius 1 is 1.03 bits per heavy atom. The minimum atomic E-state index is -0.497. The monoisotopic (exact) mass is 513 g/mol. The van der Waals surface area contributed by atoms with Gasteiger partial charge in [0.2, 0.25) is 11.8 Å². The lowest BCUT2D eigenvalue weighted by atomic mass is 10.2. The third-order valence-electron chi connectivity index (χ3n) is 6.24. The van der Waals surface area contributed by atoms with E-state index in [1.165, 1.54) is 4.90 Å².